The first-order chi connectivity index (χ1) is 18.2. The van der Waals surface area contributed by atoms with Crippen LogP contribution >= 0.6 is 11.3 Å². The predicted octanol–water partition coefficient (Wildman–Crippen LogP) is 2.94. The highest BCUT2D eigenvalue weighted by Gasteiger charge is 2.30. The van der Waals surface area contributed by atoms with Gasteiger partial charge >= 0.3 is 4.87 Å². The number of thiazole rings is 1. The van der Waals surface area contributed by atoms with Gasteiger partial charge in [0.05, 0.1) is 47.7 Å². The van der Waals surface area contributed by atoms with Gasteiger partial charge in [-0.1, -0.05) is 41.7 Å². The van der Waals surface area contributed by atoms with Crippen LogP contribution in [0.1, 0.15) is 5.56 Å². The first-order valence-electron chi connectivity index (χ1n) is 11.6. The Balaban J connectivity index is 1.45. The summed E-state index contributed by atoms with van der Waals surface area (Å²) < 4.78 is 69.4. The normalized spacial score (nSPS) is 15.0. The molecule has 13 heteroatoms. The van der Waals surface area contributed by atoms with Crippen LogP contribution in [0.2, 0.25) is 0 Å². The van der Waals surface area contributed by atoms with Gasteiger partial charge < -0.3 is 9.47 Å². The molecule has 0 radical (unpaired) electrons. The lowest BCUT2D eigenvalue weighted by Crippen LogP contribution is -2.40. The molecule has 1 aliphatic rings. The summed E-state index contributed by atoms with van der Waals surface area (Å²) in [6, 6.07) is 18.1. The zero-order valence-electron chi connectivity index (χ0n) is 20.4. The Morgan fingerprint density at radius 1 is 0.974 bits per heavy atom. The number of aromatic nitrogens is 1. The maximum atomic E-state index is 13.2. The van der Waals surface area contributed by atoms with E-state index >= 15 is 0 Å². The first-order valence-corrected chi connectivity index (χ1v) is 15.4. The summed E-state index contributed by atoms with van der Waals surface area (Å²) in [6.45, 7) is 1.30. The van der Waals surface area contributed by atoms with E-state index in [0.29, 0.717) is 16.8 Å². The molecule has 10 nitrogen and oxygen atoms in total. The third-order valence-corrected chi connectivity index (χ3v) is 10.4. The van der Waals surface area contributed by atoms with Crippen LogP contribution in [0.4, 0.5) is 5.69 Å². The van der Waals surface area contributed by atoms with Crippen molar-refractivity contribution < 1.29 is 26.3 Å². The van der Waals surface area contributed by atoms with Crippen LogP contribution in [-0.4, -0.2) is 59.1 Å². The molecule has 0 bridgehead atoms. The van der Waals surface area contributed by atoms with E-state index in [2.05, 4.69) is 4.72 Å². The molecule has 5 rings (SSSR count). The number of fused-ring (bicyclic) bond motifs is 1. The minimum absolute atomic E-state index is 0.0495. The molecule has 1 fully saturated rings. The van der Waals surface area contributed by atoms with E-state index < -0.39 is 20.0 Å². The van der Waals surface area contributed by atoms with E-state index in [4.69, 9.17) is 9.47 Å². The van der Waals surface area contributed by atoms with Gasteiger partial charge in [0.2, 0.25) is 10.0 Å². The standard InChI is InChI=1S/C25H25N3O7S3/c1-34-22-10-7-19(15-24(22)38(32,33)27-11-13-35-14-12-27)26-37(30,31)20-8-9-21-23(16-20)36-25(29)28(21)17-18-5-3-2-4-6-18/h2-10,15-16,26H,11-14,17H2,1H3. The number of rotatable bonds is 8. The quantitative estimate of drug-likeness (QED) is 0.343. The molecule has 2 heterocycles. The van der Waals surface area contributed by atoms with Crippen molar-refractivity contribution in [1.29, 1.82) is 0 Å². The fourth-order valence-electron chi connectivity index (χ4n) is 4.21. The van der Waals surface area contributed by atoms with Crippen LogP contribution in [0.3, 0.4) is 0 Å². The van der Waals surface area contributed by atoms with Crippen molar-refractivity contribution in [3.8, 4) is 5.75 Å². The highest BCUT2D eigenvalue weighted by Crippen LogP contribution is 2.31. The van der Waals surface area contributed by atoms with Gasteiger partial charge in [0.15, 0.2) is 0 Å². The number of ether oxygens (including phenoxy) is 2. The molecule has 200 valence electrons. The number of benzene rings is 3. The van der Waals surface area contributed by atoms with Gasteiger partial charge in [-0.2, -0.15) is 4.31 Å². The van der Waals surface area contributed by atoms with Crippen LogP contribution in [0.15, 0.2) is 81.3 Å². The second kappa shape index (κ2) is 10.5. The molecule has 0 aliphatic carbocycles. The fourth-order valence-corrected chi connectivity index (χ4v) is 7.88. The second-order valence-corrected chi connectivity index (χ2v) is 13.1. The Labute approximate surface area is 224 Å². The average molecular weight is 576 g/mol. The van der Waals surface area contributed by atoms with Gasteiger partial charge in [-0.25, -0.2) is 16.8 Å². The van der Waals surface area contributed by atoms with Crippen LogP contribution in [-0.2, 0) is 31.3 Å². The molecule has 1 aliphatic heterocycles. The molecule has 0 unspecified atom stereocenters. The van der Waals surface area contributed by atoms with E-state index in [1.807, 2.05) is 30.3 Å². The van der Waals surface area contributed by atoms with E-state index in [1.54, 1.807) is 10.6 Å². The molecular weight excluding hydrogens is 550 g/mol. The maximum Gasteiger partial charge on any atom is 0.308 e. The summed E-state index contributed by atoms with van der Waals surface area (Å²) in [5, 5.41) is 0. The second-order valence-electron chi connectivity index (χ2n) is 8.56. The molecule has 0 saturated carbocycles. The third kappa shape index (κ3) is 5.20. The molecular formula is C25H25N3O7S3. The molecule has 38 heavy (non-hydrogen) atoms. The SMILES string of the molecule is COc1ccc(NS(=O)(=O)c2ccc3c(c2)sc(=O)n3Cc2ccccc2)cc1S(=O)(=O)N1CCOCC1. The van der Waals surface area contributed by atoms with Crippen molar-refractivity contribution in [3.63, 3.8) is 0 Å². The summed E-state index contributed by atoms with van der Waals surface area (Å²) in [7, 11) is -6.70. The van der Waals surface area contributed by atoms with E-state index in [1.165, 1.54) is 41.7 Å². The molecule has 1 saturated heterocycles. The van der Waals surface area contributed by atoms with Crippen LogP contribution in [0.5, 0.6) is 5.75 Å². The van der Waals surface area contributed by atoms with Crippen molar-refractivity contribution in [1.82, 2.24) is 8.87 Å². The summed E-state index contributed by atoms with van der Waals surface area (Å²) in [5.41, 5.74) is 1.65. The monoisotopic (exact) mass is 575 g/mol. The maximum absolute atomic E-state index is 13.2. The Hall–Kier alpha value is -3.23. The number of morpholine rings is 1. The average Bonchev–Trinajstić information content (AvgIpc) is 3.23. The van der Waals surface area contributed by atoms with Crippen LogP contribution in [0, 0.1) is 0 Å². The topological polar surface area (TPSA) is 124 Å². The Morgan fingerprint density at radius 3 is 2.42 bits per heavy atom. The zero-order chi connectivity index (χ0) is 26.9. The van der Waals surface area contributed by atoms with Crippen molar-refractivity contribution in [2.24, 2.45) is 0 Å². The minimum atomic E-state index is -4.10. The van der Waals surface area contributed by atoms with Gasteiger partial charge in [0, 0.05) is 13.1 Å². The molecule has 0 atom stereocenters. The Morgan fingerprint density at radius 2 is 1.71 bits per heavy atom. The van der Waals surface area contributed by atoms with Crippen molar-refractivity contribution in [3.05, 3.63) is 82.0 Å². The van der Waals surface area contributed by atoms with Gasteiger partial charge in [0.25, 0.3) is 10.0 Å². The van der Waals surface area contributed by atoms with Crippen LogP contribution < -0.4 is 14.3 Å². The minimum Gasteiger partial charge on any atom is -0.495 e. The van der Waals surface area contributed by atoms with Gasteiger partial charge in [0.1, 0.15) is 10.6 Å². The highest BCUT2D eigenvalue weighted by molar-refractivity contribution is 7.92. The summed E-state index contributed by atoms with van der Waals surface area (Å²) in [5.74, 6) is 0.102. The summed E-state index contributed by atoms with van der Waals surface area (Å²) in [4.78, 5) is 12.3. The predicted molar refractivity (Wildman–Crippen MR) is 145 cm³/mol. The number of nitrogens with zero attached hydrogens (tertiary/aromatic N) is 2. The largest absolute Gasteiger partial charge is 0.495 e. The molecule has 0 amide bonds. The smallest absolute Gasteiger partial charge is 0.308 e. The van der Waals surface area contributed by atoms with Gasteiger partial charge in [-0.3, -0.25) is 14.1 Å². The van der Waals surface area contributed by atoms with Crippen molar-refractivity contribution in [2.45, 2.75) is 16.3 Å². The lowest BCUT2D eigenvalue weighted by Gasteiger charge is -2.26. The Bertz CT molecular complexity index is 1740. The molecule has 1 N–H and O–H groups in total. The zero-order valence-corrected chi connectivity index (χ0v) is 22.8. The number of hydrogen-bond acceptors (Lipinski definition) is 8. The van der Waals surface area contributed by atoms with E-state index in [-0.39, 0.29) is 52.4 Å². The first kappa shape index (κ1) is 26.4. The van der Waals surface area contributed by atoms with Crippen LogP contribution in [0.25, 0.3) is 10.2 Å². The highest BCUT2D eigenvalue weighted by atomic mass is 32.2. The summed E-state index contributed by atoms with van der Waals surface area (Å²) >= 11 is 0.965. The van der Waals surface area contributed by atoms with Gasteiger partial charge in [-0.05, 0) is 42.0 Å². The Kier molecular flexibility index (Phi) is 7.29. The number of anilines is 1. The van der Waals surface area contributed by atoms with Gasteiger partial charge in [-0.15, -0.1) is 0 Å². The van der Waals surface area contributed by atoms with Crippen molar-refractivity contribution >= 4 is 47.3 Å². The molecule has 4 aromatic rings. The van der Waals surface area contributed by atoms with E-state index in [0.717, 1.165) is 16.9 Å². The van der Waals surface area contributed by atoms with Crippen molar-refractivity contribution in [2.75, 3.05) is 38.1 Å². The lowest BCUT2D eigenvalue weighted by molar-refractivity contribution is 0.0729. The number of nitrogens with one attached hydrogen (secondary N) is 1. The molecule has 3 aromatic carbocycles. The molecule has 1 aromatic heterocycles. The number of hydrogen-bond donors (Lipinski definition) is 1. The van der Waals surface area contributed by atoms with E-state index in [9.17, 15) is 21.6 Å². The number of sulfonamides is 2. The fraction of sp³-hybridized carbons (Fsp3) is 0.240. The lowest BCUT2D eigenvalue weighted by atomic mass is 10.2. The molecule has 0 spiro atoms. The number of methoxy groups -OCH3 is 1. The summed E-state index contributed by atoms with van der Waals surface area (Å²) in [6.07, 6.45) is 0. The third-order valence-electron chi connectivity index (χ3n) is 6.14.